The van der Waals surface area contributed by atoms with E-state index in [1.54, 1.807) is 0 Å². The van der Waals surface area contributed by atoms with Crippen molar-refractivity contribution in [3.05, 3.63) is 34.9 Å². The van der Waals surface area contributed by atoms with Gasteiger partial charge < -0.3 is 5.32 Å². The molecule has 1 aromatic carbocycles. The van der Waals surface area contributed by atoms with Gasteiger partial charge in [-0.25, -0.2) is 0 Å². The zero-order valence-corrected chi connectivity index (χ0v) is 8.63. The van der Waals surface area contributed by atoms with Crippen LogP contribution >= 0.6 is 0 Å². The minimum absolute atomic E-state index is 0.0938. The number of nitrogens with one attached hydrogen (secondary N) is 1. The van der Waals surface area contributed by atoms with Crippen molar-refractivity contribution in [2.45, 2.75) is 26.8 Å². The van der Waals surface area contributed by atoms with Crippen molar-refractivity contribution in [3.8, 4) is 0 Å². The molecule has 0 saturated heterocycles. The van der Waals surface area contributed by atoms with Crippen LogP contribution in [0.4, 0.5) is 0 Å². The fourth-order valence-corrected chi connectivity index (χ4v) is 1.97. The number of carbonyl (C=O) groups is 1. The van der Waals surface area contributed by atoms with Crippen LogP contribution in [0.5, 0.6) is 0 Å². The molecule has 2 rings (SSSR count). The second kappa shape index (κ2) is 3.45. The Labute approximate surface area is 84.3 Å². The van der Waals surface area contributed by atoms with Crippen LogP contribution in [0.3, 0.4) is 0 Å². The van der Waals surface area contributed by atoms with Gasteiger partial charge in [0.05, 0.1) is 0 Å². The molecule has 0 aromatic heterocycles. The topological polar surface area (TPSA) is 29.1 Å². The Morgan fingerprint density at radius 3 is 2.93 bits per heavy atom. The molecule has 0 radical (unpaired) electrons. The fraction of sp³-hybridized carbons (Fsp3) is 0.417. The average molecular weight is 189 g/mol. The highest BCUT2D eigenvalue weighted by atomic mass is 16.1. The number of hydrogen-bond acceptors (Lipinski definition) is 1. The van der Waals surface area contributed by atoms with Gasteiger partial charge in [0.1, 0.15) is 0 Å². The van der Waals surface area contributed by atoms with Crippen molar-refractivity contribution in [2.24, 2.45) is 5.92 Å². The predicted octanol–water partition coefficient (Wildman–Crippen LogP) is 2.13. The Kier molecular flexibility index (Phi) is 2.28. The minimum atomic E-state index is 0.0938. The van der Waals surface area contributed by atoms with Crippen molar-refractivity contribution in [2.75, 3.05) is 0 Å². The maximum Gasteiger partial charge on any atom is 0.252 e. The number of fused-ring (bicyclic) bond motifs is 1. The lowest BCUT2D eigenvalue weighted by Gasteiger charge is -2.08. The van der Waals surface area contributed by atoms with Gasteiger partial charge in [0.15, 0.2) is 0 Å². The average Bonchev–Trinajstić information content (AvgIpc) is 2.48. The first-order chi connectivity index (χ1) is 6.68. The fourth-order valence-electron chi connectivity index (χ4n) is 1.97. The van der Waals surface area contributed by atoms with E-state index in [4.69, 9.17) is 0 Å². The molecule has 1 amide bonds. The van der Waals surface area contributed by atoms with Crippen molar-refractivity contribution in [1.82, 2.24) is 5.32 Å². The molecule has 0 bridgehead atoms. The van der Waals surface area contributed by atoms with E-state index in [1.165, 1.54) is 5.56 Å². The quantitative estimate of drug-likeness (QED) is 0.758. The van der Waals surface area contributed by atoms with Crippen molar-refractivity contribution < 1.29 is 4.79 Å². The lowest BCUT2D eigenvalue weighted by Crippen LogP contribution is -2.14. The second-order valence-electron chi connectivity index (χ2n) is 4.23. The Morgan fingerprint density at radius 2 is 2.21 bits per heavy atom. The largest absolute Gasteiger partial charge is 0.348 e. The first kappa shape index (κ1) is 9.25. The van der Waals surface area contributed by atoms with Gasteiger partial charge in [-0.05, 0) is 23.5 Å². The van der Waals surface area contributed by atoms with Gasteiger partial charge in [-0.1, -0.05) is 32.0 Å². The molecule has 1 aliphatic heterocycles. The maximum absolute atomic E-state index is 11.6. The van der Waals surface area contributed by atoms with Crippen LogP contribution in [0.2, 0.25) is 0 Å². The summed E-state index contributed by atoms with van der Waals surface area (Å²) in [5.74, 6) is 0.686. The molecule has 0 atom stereocenters. The van der Waals surface area contributed by atoms with Gasteiger partial charge in [-0.3, -0.25) is 4.79 Å². The monoisotopic (exact) mass is 189 g/mol. The third kappa shape index (κ3) is 1.52. The molecule has 0 saturated carbocycles. The molecule has 0 spiro atoms. The molecular formula is C12H15NO. The molecule has 14 heavy (non-hydrogen) atoms. The van der Waals surface area contributed by atoms with E-state index < -0.39 is 0 Å². The number of carbonyl (C=O) groups excluding carboxylic acids is 1. The zero-order chi connectivity index (χ0) is 10.1. The number of benzene rings is 1. The minimum Gasteiger partial charge on any atom is -0.348 e. The summed E-state index contributed by atoms with van der Waals surface area (Å²) in [6.45, 7) is 5.04. The van der Waals surface area contributed by atoms with Crippen LogP contribution in [0.25, 0.3) is 0 Å². The number of hydrogen-bond donors (Lipinski definition) is 1. The molecule has 74 valence electrons. The highest BCUT2D eigenvalue weighted by Crippen LogP contribution is 2.22. The summed E-state index contributed by atoms with van der Waals surface area (Å²) >= 11 is 0. The summed E-state index contributed by atoms with van der Waals surface area (Å²) in [6, 6.07) is 6.12. The molecule has 0 unspecified atom stereocenters. The van der Waals surface area contributed by atoms with Gasteiger partial charge in [0.25, 0.3) is 5.91 Å². The van der Waals surface area contributed by atoms with E-state index in [9.17, 15) is 4.79 Å². The zero-order valence-electron chi connectivity index (χ0n) is 8.63. The van der Waals surface area contributed by atoms with Crippen molar-refractivity contribution >= 4 is 5.91 Å². The van der Waals surface area contributed by atoms with E-state index in [1.807, 2.05) is 12.1 Å². The molecule has 1 aromatic rings. The first-order valence-electron chi connectivity index (χ1n) is 5.07. The third-order valence-electron chi connectivity index (χ3n) is 2.53. The molecule has 1 aliphatic rings. The van der Waals surface area contributed by atoms with E-state index in [-0.39, 0.29) is 5.91 Å². The molecular weight excluding hydrogens is 174 g/mol. The Bertz CT molecular complexity index is 369. The van der Waals surface area contributed by atoms with E-state index in [2.05, 4.69) is 25.2 Å². The molecule has 2 heteroatoms. The van der Waals surface area contributed by atoms with Gasteiger partial charge >= 0.3 is 0 Å². The van der Waals surface area contributed by atoms with E-state index in [0.29, 0.717) is 12.5 Å². The molecule has 1 N–H and O–H groups in total. The molecule has 0 aliphatic carbocycles. The van der Waals surface area contributed by atoms with Gasteiger partial charge in [0.2, 0.25) is 0 Å². The lowest BCUT2D eigenvalue weighted by atomic mass is 9.96. The predicted molar refractivity (Wildman–Crippen MR) is 56.2 cm³/mol. The maximum atomic E-state index is 11.6. The third-order valence-corrected chi connectivity index (χ3v) is 2.53. The highest BCUT2D eigenvalue weighted by molar-refractivity contribution is 5.99. The summed E-state index contributed by atoms with van der Waals surface area (Å²) in [7, 11) is 0. The number of amides is 1. The van der Waals surface area contributed by atoms with Crippen LogP contribution in [0, 0.1) is 5.92 Å². The summed E-state index contributed by atoms with van der Waals surface area (Å²) in [5, 5.41) is 2.86. The Morgan fingerprint density at radius 1 is 1.43 bits per heavy atom. The SMILES string of the molecule is CC(C)Cc1cccc2c1C(=O)NC2. The van der Waals surface area contributed by atoms with Crippen molar-refractivity contribution in [1.29, 1.82) is 0 Å². The Hall–Kier alpha value is -1.31. The highest BCUT2D eigenvalue weighted by Gasteiger charge is 2.21. The standard InChI is InChI=1S/C12H15NO/c1-8(2)6-9-4-3-5-10-7-13-12(14)11(9)10/h3-5,8H,6-7H2,1-2H3,(H,13,14). The van der Waals surface area contributed by atoms with Gasteiger partial charge in [0, 0.05) is 12.1 Å². The van der Waals surface area contributed by atoms with Gasteiger partial charge in [-0.15, -0.1) is 0 Å². The van der Waals surface area contributed by atoms with Crippen LogP contribution < -0.4 is 5.32 Å². The molecule has 0 fully saturated rings. The smallest absolute Gasteiger partial charge is 0.252 e. The van der Waals surface area contributed by atoms with Gasteiger partial charge in [-0.2, -0.15) is 0 Å². The summed E-state index contributed by atoms with van der Waals surface area (Å²) in [5.41, 5.74) is 3.25. The normalized spacial score (nSPS) is 14.4. The molecule has 2 nitrogen and oxygen atoms in total. The van der Waals surface area contributed by atoms with E-state index in [0.717, 1.165) is 17.5 Å². The van der Waals surface area contributed by atoms with Crippen LogP contribution in [-0.2, 0) is 13.0 Å². The van der Waals surface area contributed by atoms with E-state index >= 15 is 0 Å². The van der Waals surface area contributed by atoms with Crippen LogP contribution in [0.15, 0.2) is 18.2 Å². The summed E-state index contributed by atoms with van der Waals surface area (Å²) in [6.07, 6.45) is 0.983. The summed E-state index contributed by atoms with van der Waals surface area (Å²) < 4.78 is 0. The summed E-state index contributed by atoms with van der Waals surface area (Å²) in [4.78, 5) is 11.6. The van der Waals surface area contributed by atoms with Crippen LogP contribution in [-0.4, -0.2) is 5.91 Å². The van der Waals surface area contributed by atoms with Crippen molar-refractivity contribution in [3.63, 3.8) is 0 Å². The second-order valence-corrected chi connectivity index (χ2v) is 4.23. The van der Waals surface area contributed by atoms with Crippen LogP contribution in [0.1, 0.15) is 35.3 Å². The number of rotatable bonds is 2. The Balaban J connectivity index is 2.41. The lowest BCUT2D eigenvalue weighted by molar-refractivity contribution is 0.0965. The first-order valence-corrected chi connectivity index (χ1v) is 5.07. The molecule has 1 heterocycles.